The molecule has 0 saturated carbocycles. The molecule has 0 unspecified atom stereocenters. The van der Waals surface area contributed by atoms with E-state index < -0.39 is 0 Å². The Hall–Kier alpha value is -1.99. The van der Waals surface area contributed by atoms with Crippen molar-refractivity contribution in [2.24, 2.45) is 5.92 Å². The van der Waals surface area contributed by atoms with Gasteiger partial charge in [0.2, 0.25) is 5.91 Å². The summed E-state index contributed by atoms with van der Waals surface area (Å²) < 4.78 is 1.60. The molecule has 2 N–H and O–H groups in total. The predicted molar refractivity (Wildman–Crippen MR) is 90.0 cm³/mol. The maximum atomic E-state index is 12.2. The molecule has 1 aromatic carbocycles. The molecular weight excluding hydrogens is 316 g/mol. The molecule has 124 valence electrons. The number of benzene rings is 1. The summed E-state index contributed by atoms with van der Waals surface area (Å²) in [5, 5.41) is 17.5. The van der Waals surface area contributed by atoms with Gasteiger partial charge in [-0.1, -0.05) is 6.07 Å². The van der Waals surface area contributed by atoms with Crippen LogP contribution in [0, 0.1) is 12.8 Å². The summed E-state index contributed by atoms with van der Waals surface area (Å²) in [4.78, 5) is 12.2. The Morgan fingerprint density at radius 1 is 1.39 bits per heavy atom. The van der Waals surface area contributed by atoms with Gasteiger partial charge in [-0.3, -0.25) is 4.79 Å². The summed E-state index contributed by atoms with van der Waals surface area (Å²) in [6, 6.07) is 5.76. The van der Waals surface area contributed by atoms with Crippen LogP contribution in [-0.4, -0.2) is 39.2 Å². The Morgan fingerprint density at radius 2 is 2.17 bits per heavy atom. The Bertz CT molecular complexity index is 639. The van der Waals surface area contributed by atoms with Crippen molar-refractivity contribution < 1.29 is 4.79 Å². The van der Waals surface area contributed by atoms with Crippen molar-refractivity contribution in [2.45, 2.75) is 26.2 Å². The summed E-state index contributed by atoms with van der Waals surface area (Å²) in [6.07, 6.45) is 4.26. The lowest BCUT2D eigenvalue weighted by Crippen LogP contribution is -2.30. The number of halogens is 1. The maximum absolute atomic E-state index is 12.2. The zero-order valence-electron chi connectivity index (χ0n) is 13.0. The molecule has 1 aromatic heterocycles. The van der Waals surface area contributed by atoms with Crippen molar-refractivity contribution in [3.05, 3.63) is 30.1 Å². The largest absolute Gasteiger partial charge is 0.326 e. The van der Waals surface area contributed by atoms with Crippen molar-refractivity contribution in [3.63, 3.8) is 0 Å². The van der Waals surface area contributed by atoms with E-state index in [0.29, 0.717) is 12.3 Å². The number of aromatic nitrogens is 4. The molecule has 3 rings (SSSR count). The summed E-state index contributed by atoms with van der Waals surface area (Å²) >= 11 is 0. The van der Waals surface area contributed by atoms with Crippen LogP contribution >= 0.6 is 12.4 Å². The fourth-order valence-electron chi connectivity index (χ4n) is 2.77. The Morgan fingerprint density at radius 3 is 2.87 bits per heavy atom. The summed E-state index contributed by atoms with van der Waals surface area (Å²) in [5.74, 6) is 0.545. The quantitative estimate of drug-likeness (QED) is 0.888. The molecule has 7 nitrogen and oxygen atoms in total. The summed E-state index contributed by atoms with van der Waals surface area (Å²) in [7, 11) is 0. The Kier molecular flexibility index (Phi) is 6.06. The van der Waals surface area contributed by atoms with Crippen molar-refractivity contribution >= 4 is 24.0 Å². The van der Waals surface area contributed by atoms with Gasteiger partial charge in [0.1, 0.15) is 6.33 Å². The summed E-state index contributed by atoms with van der Waals surface area (Å²) in [5.41, 5.74) is 2.68. The van der Waals surface area contributed by atoms with Crippen LogP contribution in [0.2, 0.25) is 0 Å². The second kappa shape index (κ2) is 8.03. The SMILES string of the molecule is Cc1ccc(NC(=O)CC2CCNCC2)cc1-n1cnnn1.Cl. The molecule has 2 heterocycles. The van der Waals surface area contributed by atoms with E-state index >= 15 is 0 Å². The minimum atomic E-state index is 0. The van der Waals surface area contributed by atoms with Gasteiger partial charge in [-0.05, 0) is 66.9 Å². The highest BCUT2D eigenvalue weighted by Crippen LogP contribution is 2.20. The van der Waals surface area contributed by atoms with Gasteiger partial charge in [-0.15, -0.1) is 17.5 Å². The van der Waals surface area contributed by atoms with Gasteiger partial charge in [0.15, 0.2) is 0 Å². The number of aryl methyl sites for hydroxylation is 1. The number of nitrogens with one attached hydrogen (secondary N) is 2. The van der Waals surface area contributed by atoms with Crippen LogP contribution in [0.15, 0.2) is 24.5 Å². The maximum Gasteiger partial charge on any atom is 0.224 e. The number of carbonyl (C=O) groups excluding carboxylic acids is 1. The Balaban J connectivity index is 0.00000192. The van der Waals surface area contributed by atoms with Gasteiger partial charge in [0, 0.05) is 12.1 Å². The molecule has 23 heavy (non-hydrogen) atoms. The molecule has 0 radical (unpaired) electrons. The molecule has 1 amide bonds. The van der Waals surface area contributed by atoms with Crippen LogP contribution in [0.5, 0.6) is 0 Å². The first-order valence-corrected chi connectivity index (χ1v) is 7.57. The molecule has 0 aliphatic carbocycles. The van der Waals surface area contributed by atoms with Gasteiger partial charge < -0.3 is 10.6 Å². The first-order valence-electron chi connectivity index (χ1n) is 7.57. The second-order valence-electron chi connectivity index (χ2n) is 5.70. The number of amides is 1. The van der Waals surface area contributed by atoms with Crippen LogP contribution in [0.3, 0.4) is 0 Å². The lowest BCUT2D eigenvalue weighted by molar-refractivity contribution is -0.117. The number of hydrogen-bond donors (Lipinski definition) is 2. The molecule has 2 aromatic rings. The Labute approximate surface area is 141 Å². The zero-order chi connectivity index (χ0) is 15.4. The number of hydrogen-bond acceptors (Lipinski definition) is 5. The molecule has 0 atom stereocenters. The van der Waals surface area contributed by atoms with Crippen LogP contribution in [-0.2, 0) is 4.79 Å². The molecule has 0 spiro atoms. The fourth-order valence-corrected chi connectivity index (χ4v) is 2.77. The predicted octanol–water partition coefficient (Wildman–Crippen LogP) is 1.72. The number of nitrogens with zero attached hydrogens (tertiary/aromatic N) is 4. The summed E-state index contributed by atoms with van der Waals surface area (Å²) in [6.45, 7) is 4.00. The van der Waals surface area contributed by atoms with Gasteiger partial charge >= 0.3 is 0 Å². The third kappa shape index (κ3) is 4.49. The van der Waals surface area contributed by atoms with E-state index in [1.54, 1.807) is 11.0 Å². The zero-order valence-corrected chi connectivity index (χ0v) is 13.8. The van der Waals surface area contributed by atoms with E-state index in [0.717, 1.165) is 42.9 Å². The minimum absolute atomic E-state index is 0. The average molecular weight is 337 g/mol. The highest BCUT2D eigenvalue weighted by atomic mass is 35.5. The average Bonchev–Trinajstić information content (AvgIpc) is 3.04. The first-order chi connectivity index (χ1) is 10.7. The minimum Gasteiger partial charge on any atom is -0.326 e. The number of carbonyl (C=O) groups is 1. The topological polar surface area (TPSA) is 84.7 Å². The van der Waals surface area contributed by atoms with E-state index in [4.69, 9.17) is 0 Å². The van der Waals surface area contributed by atoms with Crippen LogP contribution in [0.1, 0.15) is 24.8 Å². The number of rotatable bonds is 4. The van der Waals surface area contributed by atoms with Crippen molar-refractivity contribution in [1.82, 2.24) is 25.5 Å². The molecule has 1 saturated heterocycles. The first kappa shape index (κ1) is 17.4. The smallest absolute Gasteiger partial charge is 0.224 e. The van der Waals surface area contributed by atoms with E-state index in [-0.39, 0.29) is 18.3 Å². The van der Waals surface area contributed by atoms with Gasteiger partial charge in [0.05, 0.1) is 5.69 Å². The molecule has 8 heteroatoms. The highest BCUT2D eigenvalue weighted by Gasteiger charge is 2.17. The van der Waals surface area contributed by atoms with E-state index in [1.807, 2.05) is 25.1 Å². The standard InChI is InChI=1S/C15H20N6O.ClH/c1-11-2-3-13(9-14(11)21-10-17-19-20-21)18-15(22)8-12-4-6-16-7-5-12;/h2-3,9-10,12,16H,4-8H2,1H3,(H,18,22);1H. The third-order valence-electron chi connectivity index (χ3n) is 4.02. The molecular formula is C15H21ClN6O. The van der Waals surface area contributed by atoms with Crippen LogP contribution < -0.4 is 10.6 Å². The van der Waals surface area contributed by atoms with E-state index in [1.165, 1.54) is 0 Å². The van der Waals surface area contributed by atoms with Crippen molar-refractivity contribution in [3.8, 4) is 5.69 Å². The molecule has 1 aliphatic heterocycles. The van der Waals surface area contributed by atoms with Gasteiger partial charge in [-0.2, -0.15) is 0 Å². The second-order valence-corrected chi connectivity index (χ2v) is 5.70. The number of piperidine rings is 1. The monoisotopic (exact) mass is 336 g/mol. The lowest BCUT2D eigenvalue weighted by Gasteiger charge is -2.22. The van der Waals surface area contributed by atoms with Gasteiger partial charge in [-0.25, -0.2) is 4.68 Å². The molecule has 0 bridgehead atoms. The third-order valence-corrected chi connectivity index (χ3v) is 4.02. The molecule has 1 aliphatic rings. The van der Waals surface area contributed by atoms with Crippen LogP contribution in [0.25, 0.3) is 5.69 Å². The highest BCUT2D eigenvalue weighted by molar-refractivity contribution is 5.91. The number of tetrazole rings is 1. The molecule has 1 fully saturated rings. The van der Waals surface area contributed by atoms with Crippen molar-refractivity contribution in [2.75, 3.05) is 18.4 Å². The van der Waals surface area contributed by atoms with E-state index in [2.05, 4.69) is 26.2 Å². The van der Waals surface area contributed by atoms with Crippen molar-refractivity contribution in [1.29, 1.82) is 0 Å². The normalized spacial score (nSPS) is 15.0. The lowest BCUT2D eigenvalue weighted by atomic mass is 9.94. The van der Waals surface area contributed by atoms with Gasteiger partial charge in [0.25, 0.3) is 0 Å². The van der Waals surface area contributed by atoms with Crippen LogP contribution in [0.4, 0.5) is 5.69 Å². The number of anilines is 1. The van der Waals surface area contributed by atoms with E-state index in [9.17, 15) is 4.79 Å². The fraction of sp³-hybridized carbons (Fsp3) is 0.467.